The van der Waals surface area contributed by atoms with Crippen LogP contribution < -0.4 is 5.32 Å². The Labute approximate surface area is 164 Å². The van der Waals surface area contributed by atoms with Gasteiger partial charge in [0.05, 0.1) is 5.60 Å². The van der Waals surface area contributed by atoms with Crippen LogP contribution in [-0.2, 0) is 19.1 Å². The number of alkyl halides is 1. The van der Waals surface area contributed by atoms with E-state index in [2.05, 4.69) is 41.8 Å². The van der Waals surface area contributed by atoms with Crippen LogP contribution >= 0.6 is 22.6 Å². The van der Waals surface area contributed by atoms with Crippen molar-refractivity contribution in [2.45, 2.75) is 69.3 Å². The van der Waals surface area contributed by atoms with Gasteiger partial charge in [-0.1, -0.05) is 43.4 Å². The van der Waals surface area contributed by atoms with E-state index in [1.54, 1.807) is 6.92 Å². The number of amides is 3. The lowest BCUT2D eigenvalue weighted by atomic mass is 10.0. The van der Waals surface area contributed by atoms with Crippen LogP contribution in [0.4, 0.5) is 0 Å². The van der Waals surface area contributed by atoms with Crippen molar-refractivity contribution >= 4 is 40.3 Å². The maximum atomic E-state index is 11.9. The molecule has 3 amide bonds. The van der Waals surface area contributed by atoms with E-state index in [4.69, 9.17) is 4.74 Å². The normalized spacial score (nSPS) is 18.8. The summed E-state index contributed by atoms with van der Waals surface area (Å²) < 4.78 is 6.13. The van der Waals surface area contributed by atoms with Crippen molar-refractivity contribution in [1.29, 1.82) is 0 Å². The third-order valence-electron chi connectivity index (χ3n) is 4.27. The lowest BCUT2D eigenvalue weighted by Crippen LogP contribution is -2.37. The van der Waals surface area contributed by atoms with Crippen molar-refractivity contribution in [3.63, 3.8) is 0 Å². The van der Waals surface area contributed by atoms with Crippen molar-refractivity contribution in [3.8, 4) is 0 Å². The first-order valence-electron chi connectivity index (χ1n) is 8.85. The molecule has 1 aliphatic rings. The van der Waals surface area contributed by atoms with Crippen LogP contribution in [0.15, 0.2) is 0 Å². The fourth-order valence-corrected chi connectivity index (χ4v) is 2.75. The molecule has 144 valence electrons. The average Bonchev–Trinajstić information content (AvgIpc) is 2.68. The molecule has 0 saturated carbocycles. The maximum absolute atomic E-state index is 11.9. The summed E-state index contributed by atoms with van der Waals surface area (Å²) in [6.07, 6.45) is 2.08. The van der Waals surface area contributed by atoms with E-state index in [0.29, 0.717) is 19.6 Å². The molecule has 1 rings (SSSR count). The molecule has 0 aliphatic carbocycles. The standard InChI is InChI=1S/C18H31IN2O4/c1-13-12-15(23)21(16(13)24)10-6-14(22)20-9-7-18(4,5)25-11-8-17(2,3)19/h13H,6-12H2,1-5H3,(H,20,22). The molecule has 25 heavy (non-hydrogen) atoms. The molecule has 0 spiro atoms. The van der Waals surface area contributed by atoms with Crippen LogP contribution in [0.5, 0.6) is 0 Å². The molecule has 0 radical (unpaired) electrons. The highest BCUT2D eigenvalue weighted by Gasteiger charge is 2.35. The van der Waals surface area contributed by atoms with E-state index in [1.807, 2.05) is 13.8 Å². The Kier molecular flexibility index (Phi) is 8.31. The smallest absolute Gasteiger partial charge is 0.232 e. The molecule has 7 heteroatoms. The Hall–Kier alpha value is -0.700. The second-order valence-corrected chi connectivity index (χ2v) is 10.8. The van der Waals surface area contributed by atoms with Gasteiger partial charge in [0.25, 0.3) is 0 Å². The lowest BCUT2D eigenvalue weighted by molar-refractivity contribution is -0.139. The highest BCUT2D eigenvalue weighted by atomic mass is 127. The molecule has 1 atom stereocenters. The van der Waals surface area contributed by atoms with E-state index >= 15 is 0 Å². The van der Waals surface area contributed by atoms with Crippen LogP contribution in [-0.4, -0.2) is 51.3 Å². The van der Waals surface area contributed by atoms with Gasteiger partial charge in [-0.05, 0) is 26.7 Å². The van der Waals surface area contributed by atoms with Crippen LogP contribution in [0, 0.1) is 5.92 Å². The van der Waals surface area contributed by atoms with Gasteiger partial charge < -0.3 is 10.1 Å². The molecule has 1 N–H and O–H groups in total. The summed E-state index contributed by atoms with van der Waals surface area (Å²) in [5, 5.41) is 2.84. The van der Waals surface area contributed by atoms with Crippen LogP contribution in [0.1, 0.15) is 60.3 Å². The Bertz CT molecular complexity index is 500. The van der Waals surface area contributed by atoms with Gasteiger partial charge in [0, 0.05) is 41.9 Å². The first-order chi connectivity index (χ1) is 11.4. The molecule has 1 aliphatic heterocycles. The summed E-state index contributed by atoms with van der Waals surface area (Å²) in [7, 11) is 0. The molecule has 0 bridgehead atoms. The fraction of sp³-hybridized carbons (Fsp3) is 0.833. The third kappa shape index (κ3) is 8.48. The van der Waals surface area contributed by atoms with Gasteiger partial charge in [0.1, 0.15) is 0 Å². The molecule has 1 fully saturated rings. The van der Waals surface area contributed by atoms with Gasteiger partial charge >= 0.3 is 0 Å². The Morgan fingerprint density at radius 3 is 2.44 bits per heavy atom. The topological polar surface area (TPSA) is 75.7 Å². The number of ether oxygens (including phenoxy) is 1. The summed E-state index contributed by atoms with van der Waals surface area (Å²) in [5.41, 5.74) is -0.300. The van der Waals surface area contributed by atoms with E-state index in [0.717, 1.165) is 6.42 Å². The predicted octanol–water partition coefficient (Wildman–Crippen LogP) is 2.68. The van der Waals surface area contributed by atoms with E-state index in [9.17, 15) is 14.4 Å². The number of likely N-dealkylation sites (tertiary alicyclic amines) is 1. The second-order valence-electron chi connectivity index (χ2n) is 7.92. The lowest BCUT2D eigenvalue weighted by Gasteiger charge is -2.27. The van der Waals surface area contributed by atoms with Crippen molar-refractivity contribution in [2.75, 3.05) is 19.7 Å². The first kappa shape index (κ1) is 22.3. The van der Waals surface area contributed by atoms with Crippen molar-refractivity contribution in [1.82, 2.24) is 10.2 Å². The molecule has 0 aromatic carbocycles. The summed E-state index contributed by atoms with van der Waals surface area (Å²) >= 11 is 2.41. The number of rotatable bonds is 10. The largest absolute Gasteiger partial charge is 0.375 e. The zero-order valence-corrected chi connectivity index (χ0v) is 18.1. The van der Waals surface area contributed by atoms with Gasteiger partial charge in [0.15, 0.2) is 0 Å². The minimum atomic E-state index is -0.300. The summed E-state index contributed by atoms with van der Waals surface area (Å²) in [4.78, 5) is 36.6. The van der Waals surface area contributed by atoms with Crippen molar-refractivity contribution in [3.05, 3.63) is 0 Å². The highest BCUT2D eigenvalue weighted by molar-refractivity contribution is 14.1. The Morgan fingerprint density at radius 2 is 1.92 bits per heavy atom. The van der Waals surface area contributed by atoms with Gasteiger partial charge in [-0.15, -0.1) is 0 Å². The number of halogens is 1. The molecular formula is C18H31IN2O4. The van der Waals surface area contributed by atoms with Crippen molar-refractivity contribution in [2.24, 2.45) is 5.92 Å². The van der Waals surface area contributed by atoms with Gasteiger partial charge in [-0.25, -0.2) is 0 Å². The van der Waals surface area contributed by atoms with Gasteiger partial charge in [-0.2, -0.15) is 0 Å². The maximum Gasteiger partial charge on any atom is 0.232 e. The number of carbonyl (C=O) groups is 3. The number of hydrogen-bond donors (Lipinski definition) is 1. The van der Waals surface area contributed by atoms with Gasteiger partial charge in [0.2, 0.25) is 17.7 Å². The van der Waals surface area contributed by atoms with E-state index in [1.165, 1.54) is 4.90 Å². The summed E-state index contributed by atoms with van der Waals surface area (Å²) in [6.45, 7) is 11.5. The minimum absolute atomic E-state index is 0.147. The van der Waals surface area contributed by atoms with Crippen LogP contribution in [0.2, 0.25) is 0 Å². The van der Waals surface area contributed by atoms with E-state index in [-0.39, 0.29) is 52.0 Å². The Balaban J connectivity index is 2.23. The molecule has 0 aromatic rings. The second kappa shape index (κ2) is 9.30. The number of hydrogen-bond acceptors (Lipinski definition) is 4. The molecule has 1 saturated heterocycles. The van der Waals surface area contributed by atoms with Gasteiger partial charge in [-0.3, -0.25) is 19.3 Å². The number of nitrogens with zero attached hydrogens (tertiary/aromatic N) is 1. The highest BCUT2D eigenvalue weighted by Crippen LogP contribution is 2.23. The molecular weight excluding hydrogens is 435 g/mol. The quantitative estimate of drug-likeness (QED) is 0.305. The van der Waals surface area contributed by atoms with E-state index < -0.39 is 0 Å². The zero-order valence-electron chi connectivity index (χ0n) is 16.0. The predicted molar refractivity (Wildman–Crippen MR) is 105 cm³/mol. The zero-order chi connectivity index (χ0) is 19.3. The molecule has 0 aromatic heterocycles. The summed E-state index contributed by atoms with van der Waals surface area (Å²) in [5.74, 6) is -0.770. The summed E-state index contributed by atoms with van der Waals surface area (Å²) in [6, 6.07) is 0. The molecule has 1 unspecified atom stereocenters. The minimum Gasteiger partial charge on any atom is -0.375 e. The number of nitrogens with one attached hydrogen (secondary N) is 1. The number of imide groups is 1. The third-order valence-corrected chi connectivity index (χ3v) is 4.81. The first-order valence-corrected chi connectivity index (χ1v) is 9.93. The average molecular weight is 466 g/mol. The van der Waals surface area contributed by atoms with Crippen LogP contribution in [0.3, 0.4) is 0 Å². The van der Waals surface area contributed by atoms with Crippen LogP contribution in [0.25, 0.3) is 0 Å². The van der Waals surface area contributed by atoms with Crippen molar-refractivity contribution < 1.29 is 19.1 Å². The number of carbonyl (C=O) groups excluding carboxylic acids is 3. The molecule has 6 nitrogen and oxygen atoms in total. The fourth-order valence-electron chi connectivity index (χ4n) is 2.53. The Morgan fingerprint density at radius 1 is 1.28 bits per heavy atom. The SMILES string of the molecule is CC1CC(=O)N(CCC(=O)NCCC(C)(C)OCCC(C)(C)I)C1=O. The molecule has 1 heterocycles. The monoisotopic (exact) mass is 466 g/mol.